The van der Waals surface area contributed by atoms with Gasteiger partial charge in [0.25, 0.3) is 5.91 Å². The van der Waals surface area contributed by atoms with Crippen LogP contribution in [0.25, 0.3) is 11.0 Å². The number of nitrogens with one attached hydrogen (secondary N) is 1. The van der Waals surface area contributed by atoms with Crippen LogP contribution in [0.3, 0.4) is 0 Å². The van der Waals surface area contributed by atoms with E-state index < -0.39 is 0 Å². The summed E-state index contributed by atoms with van der Waals surface area (Å²) in [6, 6.07) is 24.3. The first kappa shape index (κ1) is 22.7. The van der Waals surface area contributed by atoms with Crippen molar-refractivity contribution in [1.29, 1.82) is 0 Å². The van der Waals surface area contributed by atoms with Gasteiger partial charge in [-0.1, -0.05) is 72.6 Å². The Bertz CT molecular complexity index is 1250. The first-order chi connectivity index (χ1) is 16.1. The predicted molar refractivity (Wildman–Crippen MR) is 132 cm³/mol. The molecule has 0 saturated carbocycles. The second-order valence-electron chi connectivity index (χ2n) is 7.94. The van der Waals surface area contributed by atoms with E-state index in [1.807, 2.05) is 59.2 Å². The molecule has 1 heterocycles. The van der Waals surface area contributed by atoms with Gasteiger partial charge >= 0.3 is 0 Å². The first-order valence-electron chi connectivity index (χ1n) is 11.2. The minimum Gasteiger partial charge on any atom is -0.352 e. The van der Waals surface area contributed by atoms with Gasteiger partial charge in [-0.15, -0.1) is 0 Å². The molecule has 0 unspecified atom stereocenters. The fraction of sp³-hybridized carbons (Fsp3) is 0.222. The number of ketones is 1. The number of amides is 1. The molecule has 168 valence electrons. The van der Waals surface area contributed by atoms with Gasteiger partial charge in [-0.05, 0) is 37.1 Å². The Morgan fingerprint density at radius 2 is 1.58 bits per heavy atom. The molecule has 0 bridgehead atoms. The molecule has 4 aromatic rings. The number of unbranched alkanes of at least 4 members (excludes halogenated alkanes) is 2. The van der Waals surface area contributed by atoms with E-state index in [4.69, 9.17) is 16.6 Å². The highest BCUT2D eigenvalue weighted by Crippen LogP contribution is 2.19. The van der Waals surface area contributed by atoms with E-state index in [1.54, 1.807) is 24.3 Å². The van der Waals surface area contributed by atoms with Crippen molar-refractivity contribution in [2.75, 3.05) is 6.54 Å². The number of para-hydroxylation sites is 2. The number of nitrogens with zero attached hydrogens (tertiary/aromatic N) is 2. The van der Waals surface area contributed by atoms with Crippen LogP contribution < -0.4 is 5.32 Å². The predicted octanol–water partition coefficient (Wildman–Crippen LogP) is 5.72. The number of hydrogen-bond acceptors (Lipinski definition) is 3. The maximum atomic E-state index is 12.8. The van der Waals surface area contributed by atoms with E-state index in [0.717, 1.165) is 42.5 Å². The molecule has 0 spiro atoms. The van der Waals surface area contributed by atoms with Gasteiger partial charge in [0, 0.05) is 18.5 Å². The summed E-state index contributed by atoms with van der Waals surface area (Å²) in [5, 5.41) is 3.38. The Hall–Kier alpha value is -3.44. The number of carbonyl (C=O) groups is 2. The van der Waals surface area contributed by atoms with Crippen LogP contribution in [-0.2, 0) is 13.0 Å². The van der Waals surface area contributed by atoms with E-state index in [0.29, 0.717) is 22.7 Å². The van der Waals surface area contributed by atoms with E-state index in [1.165, 1.54) is 0 Å². The van der Waals surface area contributed by atoms with Crippen molar-refractivity contribution in [3.8, 4) is 0 Å². The molecule has 1 N–H and O–H groups in total. The van der Waals surface area contributed by atoms with Crippen LogP contribution in [0.1, 0.15) is 45.8 Å². The lowest BCUT2D eigenvalue weighted by atomic mass is 10.1. The zero-order chi connectivity index (χ0) is 23.0. The van der Waals surface area contributed by atoms with E-state index >= 15 is 0 Å². The summed E-state index contributed by atoms with van der Waals surface area (Å²) in [5.41, 5.74) is 3.08. The first-order valence-corrected chi connectivity index (χ1v) is 11.6. The fourth-order valence-electron chi connectivity index (χ4n) is 3.88. The van der Waals surface area contributed by atoms with Gasteiger partial charge in [-0.25, -0.2) is 4.98 Å². The normalized spacial score (nSPS) is 10.9. The summed E-state index contributed by atoms with van der Waals surface area (Å²) >= 11 is 6.08. The van der Waals surface area contributed by atoms with Crippen molar-refractivity contribution in [3.05, 3.63) is 101 Å². The molecule has 0 aliphatic rings. The zero-order valence-corrected chi connectivity index (χ0v) is 19.1. The SMILES string of the molecule is O=C(Cn1c(CCCCCNC(=O)c2ccccc2Cl)nc2ccccc21)c1ccccc1. The Labute approximate surface area is 198 Å². The molecule has 0 saturated heterocycles. The lowest BCUT2D eigenvalue weighted by Crippen LogP contribution is -2.24. The van der Waals surface area contributed by atoms with Crippen LogP contribution in [0, 0.1) is 0 Å². The van der Waals surface area contributed by atoms with Crippen molar-refractivity contribution in [2.24, 2.45) is 0 Å². The van der Waals surface area contributed by atoms with Gasteiger partial charge < -0.3 is 9.88 Å². The number of rotatable bonds is 10. The van der Waals surface area contributed by atoms with Gasteiger partial charge in [-0.2, -0.15) is 0 Å². The van der Waals surface area contributed by atoms with Crippen molar-refractivity contribution in [3.63, 3.8) is 0 Å². The van der Waals surface area contributed by atoms with Gasteiger partial charge in [0.2, 0.25) is 0 Å². The van der Waals surface area contributed by atoms with Gasteiger partial charge in [0.1, 0.15) is 5.82 Å². The summed E-state index contributed by atoms with van der Waals surface area (Å²) in [4.78, 5) is 29.9. The molecule has 0 radical (unpaired) electrons. The van der Waals surface area contributed by atoms with Crippen LogP contribution in [-0.4, -0.2) is 27.8 Å². The van der Waals surface area contributed by atoms with Gasteiger partial charge in [0.15, 0.2) is 5.78 Å². The Morgan fingerprint density at radius 1 is 0.848 bits per heavy atom. The largest absolute Gasteiger partial charge is 0.352 e. The maximum Gasteiger partial charge on any atom is 0.252 e. The number of carbonyl (C=O) groups excluding carboxylic acids is 2. The number of Topliss-reactive ketones (excluding diaryl/α,β-unsaturated/α-hetero) is 1. The number of aryl methyl sites for hydroxylation is 1. The Morgan fingerprint density at radius 3 is 2.39 bits per heavy atom. The van der Waals surface area contributed by atoms with Crippen molar-refractivity contribution in [2.45, 2.75) is 32.2 Å². The van der Waals surface area contributed by atoms with Crippen LogP contribution in [0.4, 0.5) is 0 Å². The standard InChI is InChI=1S/C27H26ClN3O2/c28-22-14-7-6-13-21(22)27(33)29-18-10-2-5-17-26-30-23-15-8-9-16-24(23)31(26)19-25(32)20-11-3-1-4-12-20/h1,3-4,6-9,11-16H,2,5,10,17-19H2,(H,29,33). The van der Waals surface area contributed by atoms with Gasteiger partial charge in [-0.3, -0.25) is 9.59 Å². The third kappa shape index (κ3) is 5.68. The number of benzene rings is 3. The second kappa shape index (κ2) is 10.9. The molecule has 6 heteroatoms. The quantitative estimate of drug-likeness (QED) is 0.244. The Balaban J connectivity index is 1.33. The van der Waals surface area contributed by atoms with E-state index in [2.05, 4.69) is 5.32 Å². The molecule has 33 heavy (non-hydrogen) atoms. The monoisotopic (exact) mass is 459 g/mol. The number of imidazole rings is 1. The maximum absolute atomic E-state index is 12.8. The zero-order valence-electron chi connectivity index (χ0n) is 18.3. The topological polar surface area (TPSA) is 64.0 Å². The highest BCUT2D eigenvalue weighted by Gasteiger charge is 2.14. The third-order valence-corrected chi connectivity index (χ3v) is 5.94. The average Bonchev–Trinajstić information content (AvgIpc) is 3.19. The number of fused-ring (bicyclic) bond motifs is 1. The molecule has 5 nitrogen and oxygen atoms in total. The molecule has 0 atom stereocenters. The minimum absolute atomic E-state index is 0.0716. The summed E-state index contributed by atoms with van der Waals surface area (Å²) < 4.78 is 2.03. The number of aromatic nitrogens is 2. The van der Waals surface area contributed by atoms with Crippen LogP contribution in [0.5, 0.6) is 0 Å². The second-order valence-corrected chi connectivity index (χ2v) is 8.35. The average molecular weight is 460 g/mol. The van der Waals surface area contributed by atoms with Crippen LogP contribution in [0.2, 0.25) is 5.02 Å². The number of halogens is 1. The smallest absolute Gasteiger partial charge is 0.252 e. The van der Waals surface area contributed by atoms with Crippen LogP contribution in [0.15, 0.2) is 78.9 Å². The lowest BCUT2D eigenvalue weighted by molar-refractivity contribution is 0.0950. The third-order valence-electron chi connectivity index (χ3n) is 5.61. The molecular weight excluding hydrogens is 434 g/mol. The van der Waals surface area contributed by atoms with Crippen molar-refractivity contribution < 1.29 is 9.59 Å². The molecule has 1 aromatic heterocycles. The minimum atomic E-state index is -0.151. The molecule has 0 fully saturated rings. The molecule has 3 aromatic carbocycles. The molecule has 4 rings (SSSR count). The molecule has 1 amide bonds. The number of hydrogen-bond donors (Lipinski definition) is 1. The highest BCUT2D eigenvalue weighted by atomic mass is 35.5. The summed E-state index contributed by atoms with van der Waals surface area (Å²) in [6.45, 7) is 0.862. The molecular formula is C27H26ClN3O2. The molecule has 0 aliphatic carbocycles. The van der Waals surface area contributed by atoms with E-state index in [-0.39, 0.29) is 18.2 Å². The lowest BCUT2D eigenvalue weighted by Gasteiger charge is -2.09. The van der Waals surface area contributed by atoms with Gasteiger partial charge in [0.05, 0.1) is 28.2 Å². The van der Waals surface area contributed by atoms with Crippen molar-refractivity contribution >= 4 is 34.3 Å². The summed E-state index contributed by atoms with van der Waals surface area (Å²) in [7, 11) is 0. The van der Waals surface area contributed by atoms with Crippen molar-refractivity contribution in [1.82, 2.24) is 14.9 Å². The van der Waals surface area contributed by atoms with Crippen LogP contribution >= 0.6 is 11.6 Å². The summed E-state index contributed by atoms with van der Waals surface area (Å²) in [6.07, 6.45) is 3.50. The van der Waals surface area contributed by atoms with E-state index in [9.17, 15) is 9.59 Å². The highest BCUT2D eigenvalue weighted by molar-refractivity contribution is 6.33. The Kier molecular flexibility index (Phi) is 7.53. The molecule has 0 aliphatic heterocycles. The summed E-state index contributed by atoms with van der Waals surface area (Å²) in [5.74, 6) is 0.838. The fourth-order valence-corrected chi connectivity index (χ4v) is 4.10.